The molecule has 0 spiro atoms. The molecule has 98 valence electrons. The monoisotopic (exact) mass is 251 g/mol. The molecule has 0 atom stereocenters. The Morgan fingerprint density at radius 2 is 2.11 bits per heavy atom. The zero-order valence-electron chi connectivity index (χ0n) is 10.6. The number of guanidine groups is 1. The van der Waals surface area contributed by atoms with Gasteiger partial charge in [0.2, 0.25) is 5.88 Å². The van der Waals surface area contributed by atoms with Gasteiger partial charge in [0.15, 0.2) is 5.96 Å². The first kappa shape index (κ1) is 12.4. The maximum atomic E-state index is 5.37. The van der Waals surface area contributed by atoms with Crippen molar-refractivity contribution in [1.29, 1.82) is 0 Å². The van der Waals surface area contributed by atoms with E-state index in [1.165, 1.54) is 0 Å². The third-order valence-corrected chi connectivity index (χ3v) is 2.17. The van der Waals surface area contributed by atoms with Crippen molar-refractivity contribution in [2.45, 2.75) is 13.8 Å². The van der Waals surface area contributed by atoms with E-state index in [-0.39, 0.29) is 0 Å². The molecule has 0 saturated carbocycles. The van der Waals surface area contributed by atoms with Crippen LogP contribution in [-0.2, 0) is 0 Å². The van der Waals surface area contributed by atoms with Crippen LogP contribution in [0, 0.1) is 0 Å². The fourth-order valence-corrected chi connectivity index (χ4v) is 1.49. The van der Waals surface area contributed by atoms with Crippen LogP contribution in [0.5, 0.6) is 11.9 Å². The second-order valence-electron chi connectivity index (χ2n) is 3.52. The van der Waals surface area contributed by atoms with Gasteiger partial charge in [0.25, 0.3) is 0 Å². The smallest absolute Gasteiger partial charge is 0.321 e. The van der Waals surface area contributed by atoms with Crippen molar-refractivity contribution in [3.8, 4) is 11.9 Å². The SMILES string of the molecule is CCOc1cc(NC2=NCCN2)nc(OCC)n1. The number of aromatic nitrogens is 2. The maximum Gasteiger partial charge on any atom is 0.321 e. The Morgan fingerprint density at radius 1 is 1.28 bits per heavy atom. The van der Waals surface area contributed by atoms with E-state index in [2.05, 4.69) is 25.6 Å². The molecule has 18 heavy (non-hydrogen) atoms. The van der Waals surface area contributed by atoms with Gasteiger partial charge >= 0.3 is 6.01 Å². The molecule has 0 saturated heterocycles. The lowest BCUT2D eigenvalue weighted by molar-refractivity contribution is 0.289. The molecule has 2 rings (SSSR count). The van der Waals surface area contributed by atoms with Crippen molar-refractivity contribution in [3.63, 3.8) is 0 Å². The summed E-state index contributed by atoms with van der Waals surface area (Å²) in [7, 11) is 0. The van der Waals surface area contributed by atoms with Crippen molar-refractivity contribution in [2.75, 3.05) is 31.6 Å². The number of ether oxygens (including phenoxy) is 2. The van der Waals surface area contributed by atoms with Gasteiger partial charge in [0.1, 0.15) is 5.82 Å². The van der Waals surface area contributed by atoms with Crippen LogP contribution in [0.2, 0.25) is 0 Å². The first-order valence-electron chi connectivity index (χ1n) is 6.01. The summed E-state index contributed by atoms with van der Waals surface area (Å²) in [5.74, 6) is 1.79. The van der Waals surface area contributed by atoms with Gasteiger partial charge in [-0.1, -0.05) is 0 Å². The van der Waals surface area contributed by atoms with Crippen LogP contribution in [-0.4, -0.2) is 42.2 Å². The summed E-state index contributed by atoms with van der Waals surface area (Å²) in [5, 5.41) is 6.17. The Labute approximate surface area is 106 Å². The average molecular weight is 251 g/mol. The second kappa shape index (κ2) is 6.04. The van der Waals surface area contributed by atoms with Crippen LogP contribution in [0.15, 0.2) is 11.1 Å². The molecule has 0 bridgehead atoms. The number of nitrogens with zero attached hydrogens (tertiary/aromatic N) is 3. The van der Waals surface area contributed by atoms with E-state index in [9.17, 15) is 0 Å². The molecule has 7 heteroatoms. The molecule has 1 aliphatic heterocycles. The molecule has 0 aromatic carbocycles. The van der Waals surface area contributed by atoms with Gasteiger partial charge in [0.05, 0.1) is 19.8 Å². The Kier molecular flexibility index (Phi) is 4.16. The summed E-state index contributed by atoms with van der Waals surface area (Å²) in [4.78, 5) is 12.6. The van der Waals surface area contributed by atoms with Crippen LogP contribution in [0.3, 0.4) is 0 Å². The Bertz CT molecular complexity index is 411. The molecule has 2 heterocycles. The predicted octanol–water partition coefficient (Wildman–Crippen LogP) is 0.645. The largest absolute Gasteiger partial charge is 0.478 e. The first-order chi connectivity index (χ1) is 8.81. The van der Waals surface area contributed by atoms with E-state index in [0.29, 0.717) is 36.9 Å². The molecule has 0 unspecified atom stereocenters. The minimum atomic E-state index is 0.296. The molecular formula is C11H17N5O2. The van der Waals surface area contributed by atoms with Crippen molar-refractivity contribution in [1.82, 2.24) is 15.3 Å². The third kappa shape index (κ3) is 3.22. The van der Waals surface area contributed by atoms with Gasteiger partial charge in [-0.05, 0) is 13.8 Å². The standard InChI is InChI=1S/C11H17N5O2/c1-3-17-9-7-8(14-10-12-5-6-13-10)15-11(16-9)18-4-2/h7H,3-6H2,1-2H3,(H2,12,13,14,15,16). The normalized spacial score (nSPS) is 13.8. The van der Waals surface area contributed by atoms with E-state index in [1.54, 1.807) is 6.07 Å². The van der Waals surface area contributed by atoms with E-state index < -0.39 is 0 Å². The highest BCUT2D eigenvalue weighted by Gasteiger charge is 2.10. The van der Waals surface area contributed by atoms with Gasteiger partial charge in [-0.15, -0.1) is 0 Å². The third-order valence-electron chi connectivity index (χ3n) is 2.17. The summed E-state index contributed by atoms with van der Waals surface area (Å²) in [6, 6.07) is 2.01. The van der Waals surface area contributed by atoms with Gasteiger partial charge in [-0.25, -0.2) is 0 Å². The highest BCUT2D eigenvalue weighted by molar-refractivity contribution is 5.93. The Hall–Kier alpha value is -2.05. The Morgan fingerprint density at radius 3 is 2.78 bits per heavy atom. The average Bonchev–Trinajstić information content (AvgIpc) is 2.82. The van der Waals surface area contributed by atoms with Crippen LogP contribution in [0.4, 0.5) is 5.82 Å². The zero-order valence-corrected chi connectivity index (χ0v) is 10.6. The highest BCUT2D eigenvalue weighted by atomic mass is 16.5. The zero-order chi connectivity index (χ0) is 12.8. The van der Waals surface area contributed by atoms with Crippen LogP contribution in [0.25, 0.3) is 0 Å². The number of nitrogens with one attached hydrogen (secondary N) is 2. The second-order valence-corrected chi connectivity index (χ2v) is 3.52. The minimum absolute atomic E-state index is 0.296. The molecule has 0 radical (unpaired) electrons. The summed E-state index contributed by atoms with van der Waals surface area (Å²) < 4.78 is 10.7. The molecule has 0 amide bonds. The first-order valence-corrected chi connectivity index (χ1v) is 6.01. The summed E-state index contributed by atoms with van der Waals surface area (Å²) >= 11 is 0. The summed E-state index contributed by atoms with van der Waals surface area (Å²) in [6.45, 7) is 6.44. The van der Waals surface area contributed by atoms with Crippen molar-refractivity contribution in [2.24, 2.45) is 4.99 Å². The van der Waals surface area contributed by atoms with Gasteiger partial charge in [-0.3, -0.25) is 4.99 Å². The number of aliphatic imine (C=N–C) groups is 1. The van der Waals surface area contributed by atoms with E-state index >= 15 is 0 Å². The number of rotatable bonds is 5. The topological polar surface area (TPSA) is 80.7 Å². The predicted molar refractivity (Wildman–Crippen MR) is 68.3 cm³/mol. The van der Waals surface area contributed by atoms with Crippen molar-refractivity contribution in [3.05, 3.63) is 6.07 Å². The molecule has 0 fully saturated rings. The lowest BCUT2D eigenvalue weighted by Gasteiger charge is -2.10. The molecule has 1 aromatic rings. The van der Waals surface area contributed by atoms with E-state index in [1.807, 2.05) is 13.8 Å². The number of hydrogen-bond donors (Lipinski definition) is 2. The molecule has 1 aliphatic rings. The summed E-state index contributed by atoms with van der Waals surface area (Å²) in [6.07, 6.45) is 0. The van der Waals surface area contributed by atoms with Crippen LogP contribution in [0.1, 0.15) is 13.8 Å². The molecule has 0 aliphatic carbocycles. The molecule has 2 N–H and O–H groups in total. The van der Waals surface area contributed by atoms with E-state index in [0.717, 1.165) is 13.1 Å². The van der Waals surface area contributed by atoms with Crippen LogP contribution < -0.4 is 20.1 Å². The van der Waals surface area contributed by atoms with Crippen LogP contribution >= 0.6 is 0 Å². The highest BCUT2D eigenvalue weighted by Crippen LogP contribution is 2.17. The summed E-state index contributed by atoms with van der Waals surface area (Å²) in [5.41, 5.74) is 0. The lowest BCUT2D eigenvalue weighted by atomic mass is 10.5. The van der Waals surface area contributed by atoms with E-state index in [4.69, 9.17) is 9.47 Å². The lowest BCUT2D eigenvalue weighted by Crippen LogP contribution is -2.26. The Balaban J connectivity index is 2.15. The molecule has 7 nitrogen and oxygen atoms in total. The van der Waals surface area contributed by atoms with Gasteiger partial charge in [-0.2, -0.15) is 9.97 Å². The fraction of sp³-hybridized carbons (Fsp3) is 0.545. The van der Waals surface area contributed by atoms with Crippen molar-refractivity contribution < 1.29 is 9.47 Å². The maximum absolute atomic E-state index is 5.37. The molecule has 1 aromatic heterocycles. The van der Waals surface area contributed by atoms with Gasteiger partial charge in [0, 0.05) is 12.6 Å². The number of anilines is 1. The fourth-order valence-electron chi connectivity index (χ4n) is 1.49. The quantitative estimate of drug-likeness (QED) is 0.799. The minimum Gasteiger partial charge on any atom is -0.478 e. The molecular weight excluding hydrogens is 234 g/mol. The van der Waals surface area contributed by atoms with Crippen molar-refractivity contribution >= 4 is 11.8 Å². The van der Waals surface area contributed by atoms with Gasteiger partial charge < -0.3 is 20.1 Å². The number of hydrogen-bond acceptors (Lipinski definition) is 7.